The smallest absolute Gasteiger partial charge is 0.253 e. The van der Waals surface area contributed by atoms with Gasteiger partial charge >= 0.3 is 0 Å². The molecule has 0 bridgehead atoms. The molecule has 4 N–H and O–H groups in total. The van der Waals surface area contributed by atoms with Crippen molar-refractivity contribution < 1.29 is 27.4 Å². The molecule has 12 nitrogen and oxygen atoms in total. The highest BCUT2D eigenvalue weighted by atomic mass is 19.1. The minimum Gasteiger partial charge on any atom is -0.377 e. The maximum atomic E-state index is 14.7. The fourth-order valence-corrected chi connectivity index (χ4v) is 7.61. The first-order chi connectivity index (χ1) is 30.0. The summed E-state index contributed by atoms with van der Waals surface area (Å²) in [5.74, 6) is 1.40. The van der Waals surface area contributed by atoms with Gasteiger partial charge in [0.25, 0.3) is 5.88 Å². The lowest BCUT2D eigenvalue weighted by atomic mass is 9.95. The molecule has 6 aromatic rings. The third kappa shape index (κ3) is 11.0. The Hall–Kier alpha value is -6.67. The molecule has 3 atom stereocenters. The molecule has 0 saturated carbocycles. The molecule has 322 valence electrons. The number of hydrogen-bond acceptors (Lipinski definition) is 8. The topological polar surface area (TPSA) is 162 Å². The van der Waals surface area contributed by atoms with Gasteiger partial charge in [-0.1, -0.05) is 102 Å². The molecule has 4 aromatic carbocycles. The van der Waals surface area contributed by atoms with Gasteiger partial charge in [0, 0.05) is 55.1 Å². The number of aliphatic imine (C=N–C) groups is 2. The lowest BCUT2D eigenvalue weighted by Gasteiger charge is -2.39. The highest BCUT2D eigenvalue weighted by molar-refractivity contribution is 5.84. The minimum absolute atomic E-state index is 0.142. The molecule has 2 aromatic heterocycles. The lowest BCUT2D eigenvalue weighted by Crippen LogP contribution is -2.55. The van der Waals surface area contributed by atoms with E-state index in [2.05, 4.69) is 20.3 Å². The number of benzene rings is 4. The van der Waals surface area contributed by atoms with Crippen LogP contribution in [0.3, 0.4) is 0 Å². The first kappa shape index (κ1) is 43.4. The van der Waals surface area contributed by atoms with Crippen LogP contribution in [0.15, 0.2) is 128 Å². The number of guanidine groups is 2. The van der Waals surface area contributed by atoms with Crippen LogP contribution in [0.5, 0.6) is 0 Å². The normalized spacial score (nSPS) is 17.7. The Morgan fingerprint density at radius 3 is 2.00 bits per heavy atom. The molecular weight excluding hydrogens is 791 g/mol. The molecule has 4 heterocycles. The summed E-state index contributed by atoms with van der Waals surface area (Å²) in [6, 6.07) is 33.5. The zero-order chi connectivity index (χ0) is 43.6. The van der Waals surface area contributed by atoms with Gasteiger partial charge in [-0.25, -0.2) is 13.8 Å². The van der Waals surface area contributed by atoms with Crippen molar-refractivity contribution in [2.24, 2.45) is 21.5 Å². The van der Waals surface area contributed by atoms with Crippen molar-refractivity contribution in [3.05, 3.63) is 149 Å². The van der Waals surface area contributed by atoms with Crippen molar-refractivity contribution in [2.75, 3.05) is 26.3 Å². The fourth-order valence-electron chi connectivity index (χ4n) is 7.61. The van der Waals surface area contributed by atoms with Crippen molar-refractivity contribution in [3.63, 3.8) is 0 Å². The number of halogens is 2. The van der Waals surface area contributed by atoms with E-state index in [0.717, 1.165) is 27.9 Å². The van der Waals surface area contributed by atoms with Crippen LogP contribution in [0, 0.1) is 11.6 Å². The molecule has 0 amide bonds. The summed E-state index contributed by atoms with van der Waals surface area (Å²) in [5, 5.41) is 8.16. The van der Waals surface area contributed by atoms with Crippen LogP contribution in [-0.4, -0.2) is 76.2 Å². The van der Waals surface area contributed by atoms with Crippen LogP contribution in [0.4, 0.5) is 14.7 Å². The van der Waals surface area contributed by atoms with Gasteiger partial charge in [0.2, 0.25) is 0 Å². The number of likely N-dealkylation sites (tertiary alicyclic amines) is 1. The van der Waals surface area contributed by atoms with Crippen LogP contribution >= 0.6 is 0 Å². The van der Waals surface area contributed by atoms with Crippen molar-refractivity contribution in [3.8, 4) is 22.3 Å². The van der Waals surface area contributed by atoms with E-state index < -0.39 is 0 Å². The molecule has 3 unspecified atom stereocenters. The van der Waals surface area contributed by atoms with E-state index in [0.29, 0.717) is 92.4 Å². The van der Waals surface area contributed by atoms with E-state index in [1.54, 1.807) is 24.3 Å². The molecule has 0 aliphatic carbocycles. The molecule has 2 fully saturated rings. The SMILES string of the molecule is CC(c1ccc(-c2ccccc2)c(F)c1)c1cc(CN=C(N)N2CCC(=O)CC2)no1.CC1COCC(C)N1C(N)=Nc1cc(CCc2ccc(-c3ccccc3)c(F)c2)no1. The third-order valence-electron chi connectivity index (χ3n) is 11.1. The first-order valence-electron chi connectivity index (χ1n) is 20.9. The summed E-state index contributed by atoms with van der Waals surface area (Å²) < 4.78 is 45.6. The largest absolute Gasteiger partial charge is 0.377 e. The number of carbonyl (C=O) groups excluding carboxylic acids is 1. The maximum absolute atomic E-state index is 14.7. The maximum Gasteiger partial charge on any atom is 0.253 e. The predicted molar refractivity (Wildman–Crippen MR) is 236 cm³/mol. The number of hydrogen-bond donors (Lipinski definition) is 2. The van der Waals surface area contributed by atoms with E-state index in [9.17, 15) is 13.6 Å². The summed E-state index contributed by atoms with van der Waals surface area (Å²) >= 11 is 0. The van der Waals surface area contributed by atoms with Crippen molar-refractivity contribution >= 4 is 23.6 Å². The number of ketones is 1. The highest BCUT2D eigenvalue weighted by Crippen LogP contribution is 2.30. The number of nitrogens with two attached hydrogens (primary N) is 2. The Labute approximate surface area is 360 Å². The average Bonchev–Trinajstić information content (AvgIpc) is 3.95. The zero-order valence-electron chi connectivity index (χ0n) is 35.2. The summed E-state index contributed by atoms with van der Waals surface area (Å²) in [6.07, 6.45) is 2.27. The number of nitrogens with zero attached hydrogens (tertiary/aromatic N) is 6. The molecular formula is C48H52F2N8O4. The van der Waals surface area contributed by atoms with Gasteiger partial charge in [-0.05, 0) is 61.1 Å². The number of rotatable bonds is 10. The van der Waals surface area contributed by atoms with Gasteiger partial charge in [-0.3, -0.25) is 4.79 Å². The van der Waals surface area contributed by atoms with Crippen LogP contribution in [0.25, 0.3) is 22.3 Å². The van der Waals surface area contributed by atoms with Gasteiger partial charge in [0.15, 0.2) is 11.9 Å². The monoisotopic (exact) mass is 842 g/mol. The number of carbonyl (C=O) groups is 1. The summed E-state index contributed by atoms with van der Waals surface area (Å²) in [5.41, 5.74) is 18.2. The summed E-state index contributed by atoms with van der Waals surface area (Å²) in [7, 11) is 0. The number of aryl methyl sites for hydroxylation is 2. The number of piperidine rings is 1. The molecule has 2 aliphatic heterocycles. The summed E-state index contributed by atoms with van der Waals surface area (Å²) in [4.78, 5) is 24.1. The number of Topliss-reactive ketones (excluding diaryl/α,β-unsaturated/α-hetero) is 1. The first-order valence-corrected chi connectivity index (χ1v) is 20.9. The van der Waals surface area contributed by atoms with Gasteiger partial charge in [0.05, 0.1) is 37.5 Å². The molecule has 8 rings (SSSR count). The Kier molecular flexibility index (Phi) is 14.2. The Balaban J connectivity index is 0.000000186. The highest BCUT2D eigenvalue weighted by Gasteiger charge is 2.27. The Morgan fingerprint density at radius 2 is 1.37 bits per heavy atom. The molecule has 2 aliphatic rings. The molecule has 14 heteroatoms. The number of aromatic nitrogens is 2. The van der Waals surface area contributed by atoms with Crippen molar-refractivity contribution in [1.82, 2.24) is 20.1 Å². The Morgan fingerprint density at radius 1 is 0.758 bits per heavy atom. The van der Waals surface area contributed by atoms with Crippen LogP contribution in [0.1, 0.15) is 67.8 Å². The van der Waals surface area contributed by atoms with Crippen molar-refractivity contribution in [1.29, 1.82) is 0 Å². The van der Waals surface area contributed by atoms with Gasteiger partial charge in [-0.2, -0.15) is 4.99 Å². The quantitative estimate of drug-likeness (QED) is 0.101. The van der Waals surface area contributed by atoms with Gasteiger partial charge in [0.1, 0.15) is 28.9 Å². The van der Waals surface area contributed by atoms with Crippen molar-refractivity contribution in [2.45, 2.75) is 71.0 Å². The van der Waals surface area contributed by atoms with E-state index in [1.807, 2.05) is 116 Å². The van der Waals surface area contributed by atoms with Crippen LogP contribution in [0.2, 0.25) is 0 Å². The molecule has 62 heavy (non-hydrogen) atoms. The van der Waals surface area contributed by atoms with E-state index >= 15 is 0 Å². The standard InChI is InChI=1S/C24H27FN4O2.C24H25FN4O2/c1-16-14-30-15-17(2)29(16)24(26)27-23-13-20(28-31-23)10-8-18-9-11-21(22(25)12-18)19-6-4-3-5-7-19;1-16(18-7-8-21(22(25)13-18)17-5-3-2-4-6-17)23-14-19(28-31-23)15-27-24(26)29-11-9-20(30)10-12-29/h3-7,9,11-13,16-17H,8,10,14-15H2,1-2H3,(H2,26,27);2-8,13-14,16H,9-12,15H2,1H3,(H2,26,27). The molecule has 0 spiro atoms. The number of ether oxygens (including phenoxy) is 1. The lowest BCUT2D eigenvalue weighted by molar-refractivity contribution is -0.120. The number of morpholine rings is 1. The second kappa shape index (κ2) is 20.3. The fraction of sp³-hybridized carbons (Fsp3) is 0.312. The van der Waals surface area contributed by atoms with Crippen LogP contribution < -0.4 is 11.5 Å². The second-order valence-corrected chi connectivity index (χ2v) is 15.7. The van der Waals surface area contributed by atoms with E-state index in [1.165, 1.54) is 0 Å². The van der Waals surface area contributed by atoms with Gasteiger partial charge < -0.3 is 35.1 Å². The summed E-state index contributed by atoms with van der Waals surface area (Å²) in [6.45, 7) is 8.75. The van der Waals surface area contributed by atoms with Gasteiger partial charge in [-0.15, -0.1) is 0 Å². The van der Waals surface area contributed by atoms with E-state index in [4.69, 9.17) is 25.3 Å². The molecule has 0 radical (unpaired) electrons. The minimum atomic E-state index is -0.271. The average molecular weight is 843 g/mol. The predicted octanol–water partition coefficient (Wildman–Crippen LogP) is 8.43. The zero-order valence-corrected chi connectivity index (χ0v) is 35.2. The molecule has 2 saturated heterocycles. The second-order valence-electron chi connectivity index (χ2n) is 15.7. The van der Waals surface area contributed by atoms with E-state index in [-0.39, 0.29) is 42.0 Å². The van der Waals surface area contributed by atoms with Crippen LogP contribution in [-0.2, 0) is 28.9 Å². The third-order valence-corrected chi connectivity index (χ3v) is 11.1. The Bertz CT molecular complexity index is 2470.